The number of sulfonamides is 1. The molecule has 1 aromatic heterocycles. The lowest BCUT2D eigenvalue weighted by Crippen LogP contribution is -2.46. The van der Waals surface area contributed by atoms with E-state index in [1.807, 2.05) is 13.8 Å². The summed E-state index contributed by atoms with van der Waals surface area (Å²) in [6.07, 6.45) is 0.987. The maximum atomic E-state index is 13.0. The first-order valence-electron chi connectivity index (χ1n) is 9.22. The van der Waals surface area contributed by atoms with Crippen LogP contribution in [0.2, 0.25) is 0 Å². The van der Waals surface area contributed by atoms with Crippen LogP contribution in [0.25, 0.3) is 0 Å². The number of aromatic nitrogens is 1. The van der Waals surface area contributed by atoms with Crippen LogP contribution in [0.3, 0.4) is 0 Å². The van der Waals surface area contributed by atoms with Gasteiger partial charge in [-0.15, -0.1) is 0 Å². The number of piperidine rings is 1. The lowest BCUT2D eigenvalue weighted by Gasteiger charge is -2.32. The van der Waals surface area contributed by atoms with E-state index in [1.54, 1.807) is 11.8 Å². The zero-order valence-corrected chi connectivity index (χ0v) is 16.9. The minimum atomic E-state index is -3.73. The highest BCUT2D eigenvalue weighted by molar-refractivity contribution is 7.89. The van der Waals surface area contributed by atoms with Crippen LogP contribution in [0.5, 0.6) is 0 Å². The van der Waals surface area contributed by atoms with E-state index in [0.717, 1.165) is 12.1 Å². The molecule has 1 amide bonds. The van der Waals surface area contributed by atoms with Crippen LogP contribution in [0.4, 0.5) is 4.39 Å². The maximum absolute atomic E-state index is 13.0. The number of rotatable bonds is 5. The Hall–Kier alpha value is -2.26. The highest BCUT2D eigenvalue weighted by atomic mass is 32.2. The molecule has 2 aromatic rings. The molecule has 0 spiro atoms. The van der Waals surface area contributed by atoms with E-state index in [-0.39, 0.29) is 22.8 Å². The van der Waals surface area contributed by atoms with Gasteiger partial charge in [0.05, 0.1) is 10.6 Å². The summed E-state index contributed by atoms with van der Waals surface area (Å²) in [4.78, 5) is 14.6. The molecule has 7 nitrogen and oxygen atoms in total. The van der Waals surface area contributed by atoms with Gasteiger partial charge in [0.1, 0.15) is 11.4 Å². The van der Waals surface area contributed by atoms with Gasteiger partial charge in [0.15, 0.2) is 5.76 Å². The van der Waals surface area contributed by atoms with E-state index in [1.165, 1.54) is 12.1 Å². The number of hydrogen-bond donors (Lipinski definition) is 1. The fraction of sp³-hybridized carbons (Fsp3) is 0.474. The number of hydrogen-bond acceptors (Lipinski definition) is 5. The van der Waals surface area contributed by atoms with Crippen molar-refractivity contribution < 1.29 is 22.1 Å². The highest BCUT2D eigenvalue weighted by Gasteiger charge is 2.31. The van der Waals surface area contributed by atoms with E-state index in [4.69, 9.17) is 4.52 Å². The van der Waals surface area contributed by atoms with Crippen LogP contribution in [0, 0.1) is 12.7 Å². The number of nitrogens with zero attached hydrogens (tertiary/aromatic N) is 2. The fourth-order valence-electron chi connectivity index (χ4n) is 3.30. The van der Waals surface area contributed by atoms with Crippen molar-refractivity contribution in [2.45, 2.75) is 50.5 Å². The normalized spacial score (nSPS) is 16.0. The standard InChI is InChI=1S/C19H24FN3O4S/c1-12(2)18-17(13(3)21-27-18)19(24)23-10-8-15(9-11-23)22-28(25,26)16-6-4-14(20)5-7-16/h4-7,12,15,22H,8-11H2,1-3H3. The summed E-state index contributed by atoms with van der Waals surface area (Å²) < 4.78 is 45.8. The van der Waals surface area contributed by atoms with Gasteiger partial charge in [-0.1, -0.05) is 19.0 Å². The Bertz CT molecular complexity index is 946. The van der Waals surface area contributed by atoms with Crippen molar-refractivity contribution in [3.63, 3.8) is 0 Å². The molecule has 2 heterocycles. The van der Waals surface area contributed by atoms with Gasteiger partial charge in [-0.3, -0.25) is 4.79 Å². The van der Waals surface area contributed by atoms with Crippen LogP contribution in [0.15, 0.2) is 33.7 Å². The smallest absolute Gasteiger partial charge is 0.259 e. The minimum Gasteiger partial charge on any atom is -0.360 e. The van der Waals surface area contributed by atoms with Gasteiger partial charge < -0.3 is 9.42 Å². The Labute approximate surface area is 163 Å². The summed E-state index contributed by atoms with van der Waals surface area (Å²) >= 11 is 0. The zero-order chi connectivity index (χ0) is 20.5. The summed E-state index contributed by atoms with van der Waals surface area (Å²) in [6.45, 7) is 6.47. The lowest BCUT2D eigenvalue weighted by atomic mass is 10.0. The molecule has 0 unspecified atom stereocenters. The Balaban J connectivity index is 1.64. The number of halogens is 1. The monoisotopic (exact) mass is 409 g/mol. The number of carbonyl (C=O) groups excluding carboxylic acids is 1. The molecular formula is C19H24FN3O4S. The number of likely N-dealkylation sites (tertiary alicyclic amines) is 1. The molecule has 0 aliphatic carbocycles. The Morgan fingerprint density at radius 3 is 2.43 bits per heavy atom. The molecule has 9 heteroatoms. The number of aryl methyl sites for hydroxylation is 1. The molecule has 1 aromatic carbocycles. The third kappa shape index (κ3) is 4.25. The van der Waals surface area contributed by atoms with Crippen molar-refractivity contribution >= 4 is 15.9 Å². The average molecular weight is 409 g/mol. The molecule has 3 rings (SSSR count). The van der Waals surface area contributed by atoms with Crippen molar-refractivity contribution in [2.24, 2.45) is 0 Å². The fourth-order valence-corrected chi connectivity index (χ4v) is 4.61. The van der Waals surface area contributed by atoms with Crippen LogP contribution >= 0.6 is 0 Å². The largest absolute Gasteiger partial charge is 0.360 e. The number of benzene rings is 1. The quantitative estimate of drug-likeness (QED) is 0.820. The highest BCUT2D eigenvalue weighted by Crippen LogP contribution is 2.25. The molecule has 0 bridgehead atoms. The third-order valence-electron chi connectivity index (χ3n) is 4.86. The first kappa shape index (κ1) is 20.5. The SMILES string of the molecule is Cc1noc(C(C)C)c1C(=O)N1CCC(NS(=O)(=O)c2ccc(F)cc2)CC1. The van der Waals surface area contributed by atoms with E-state index in [2.05, 4.69) is 9.88 Å². The lowest BCUT2D eigenvalue weighted by molar-refractivity contribution is 0.0707. The van der Waals surface area contributed by atoms with E-state index in [9.17, 15) is 17.6 Å². The average Bonchev–Trinajstić information content (AvgIpc) is 3.03. The van der Waals surface area contributed by atoms with Crippen LogP contribution in [-0.4, -0.2) is 43.5 Å². The van der Waals surface area contributed by atoms with Gasteiger partial charge in [0.2, 0.25) is 10.0 Å². The molecule has 1 aliphatic heterocycles. The Kier molecular flexibility index (Phi) is 5.85. The van der Waals surface area contributed by atoms with E-state index in [0.29, 0.717) is 42.9 Å². The van der Waals surface area contributed by atoms with Crippen molar-refractivity contribution in [3.05, 3.63) is 47.1 Å². The summed E-state index contributed by atoms with van der Waals surface area (Å²) in [6, 6.07) is 4.41. The predicted molar refractivity (Wildman–Crippen MR) is 101 cm³/mol. The second-order valence-electron chi connectivity index (χ2n) is 7.30. The van der Waals surface area contributed by atoms with Crippen molar-refractivity contribution in [1.29, 1.82) is 0 Å². The molecule has 152 valence electrons. The van der Waals surface area contributed by atoms with Gasteiger partial charge in [-0.05, 0) is 44.0 Å². The van der Waals surface area contributed by atoms with Crippen molar-refractivity contribution in [1.82, 2.24) is 14.8 Å². The molecule has 1 saturated heterocycles. The first-order chi connectivity index (χ1) is 13.2. The van der Waals surface area contributed by atoms with Crippen LogP contribution in [-0.2, 0) is 10.0 Å². The molecular weight excluding hydrogens is 385 g/mol. The predicted octanol–water partition coefficient (Wildman–Crippen LogP) is 2.83. The molecule has 28 heavy (non-hydrogen) atoms. The number of amides is 1. The van der Waals surface area contributed by atoms with E-state index < -0.39 is 15.8 Å². The van der Waals surface area contributed by atoms with E-state index >= 15 is 0 Å². The van der Waals surface area contributed by atoms with Gasteiger partial charge in [-0.2, -0.15) is 0 Å². The third-order valence-corrected chi connectivity index (χ3v) is 6.39. The Morgan fingerprint density at radius 1 is 1.25 bits per heavy atom. The molecule has 0 saturated carbocycles. The summed E-state index contributed by atoms with van der Waals surface area (Å²) in [5.74, 6) is -0.0142. The summed E-state index contributed by atoms with van der Waals surface area (Å²) in [7, 11) is -3.73. The minimum absolute atomic E-state index is 0.0223. The maximum Gasteiger partial charge on any atom is 0.259 e. The van der Waals surface area contributed by atoms with Crippen molar-refractivity contribution in [3.8, 4) is 0 Å². The van der Waals surface area contributed by atoms with Gasteiger partial charge in [-0.25, -0.2) is 17.5 Å². The molecule has 1 fully saturated rings. The van der Waals surface area contributed by atoms with Gasteiger partial charge >= 0.3 is 0 Å². The second kappa shape index (κ2) is 8.00. The van der Waals surface area contributed by atoms with Gasteiger partial charge in [0.25, 0.3) is 5.91 Å². The molecule has 0 atom stereocenters. The number of nitrogens with one attached hydrogen (secondary N) is 1. The van der Waals surface area contributed by atoms with Gasteiger partial charge in [0, 0.05) is 25.0 Å². The molecule has 1 aliphatic rings. The van der Waals surface area contributed by atoms with Crippen LogP contribution in [0.1, 0.15) is 54.4 Å². The number of carbonyl (C=O) groups is 1. The topological polar surface area (TPSA) is 92.5 Å². The first-order valence-corrected chi connectivity index (χ1v) is 10.7. The summed E-state index contributed by atoms with van der Waals surface area (Å²) in [5, 5.41) is 3.92. The van der Waals surface area contributed by atoms with Crippen molar-refractivity contribution in [2.75, 3.05) is 13.1 Å². The van der Waals surface area contributed by atoms with Crippen LogP contribution < -0.4 is 4.72 Å². The Morgan fingerprint density at radius 2 is 1.86 bits per heavy atom. The zero-order valence-electron chi connectivity index (χ0n) is 16.1. The molecule has 1 N–H and O–H groups in total. The summed E-state index contributed by atoms with van der Waals surface area (Å²) in [5.41, 5.74) is 1.06. The second-order valence-corrected chi connectivity index (χ2v) is 9.02. The molecule has 0 radical (unpaired) electrons.